The van der Waals surface area contributed by atoms with Crippen LogP contribution in [0, 0.1) is 0 Å². The lowest BCUT2D eigenvalue weighted by Crippen LogP contribution is -2.47. The van der Waals surface area contributed by atoms with Gasteiger partial charge in [0.1, 0.15) is 6.04 Å². The number of nitrogens with zero attached hydrogens (tertiary/aromatic N) is 1. The van der Waals surface area contributed by atoms with Crippen molar-refractivity contribution in [2.45, 2.75) is 25.9 Å². The first-order valence-corrected chi connectivity index (χ1v) is 6.49. The maximum Gasteiger partial charge on any atom is 0.313 e. The predicted molar refractivity (Wildman–Crippen MR) is 75.8 cm³/mol. The van der Waals surface area contributed by atoms with E-state index in [-0.39, 0.29) is 25.1 Å². The van der Waals surface area contributed by atoms with Gasteiger partial charge in [-0.05, 0) is 19.4 Å². The highest BCUT2D eigenvalue weighted by atomic mass is 16.3. The minimum absolute atomic E-state index is 0.0875. The van der Waals surface area contributed by atoms with E-state index in [2.05, 4.69) is 5.32 Å². The topological polar surface area (TPSA) is 95.7 Å². The number of rotatable bonds is 6. The van der Waals surface area contributed by atoms with E-state index in [4.69, 9.17) is 10.8 Å². The fourth-order valence-corrected chi connectivity index (χ4v) is 1.97. The number of urea groups is 1. The molecule has 1 unspecified atom stereocenters. The molecular weight excluding hydrogens is 258 g/mol. The summed E-state index contributed by atoms with van der Waals surface area (Å²) in [6.45, 7) is 3.77. The van der Waals surface area contributed by atoms with E-state index in [1.807, 2.05) is 19.9 Å². The molecule has 20 heavy (non-hydrogen) atoms. The minimum atomic E-state index is -0.845. The summed E-state index contributed by atoms with van der Waals surface area (Å²) in [5, 5.41) is 11.5. The van der Waals surface area contributed by atoms with Crippen LogP contribution in [0.3, 0.4) is 0 Å². The van der Waals surface area contributed by atoms with Gasteiger partial charge in [0.2, 0.25) is 5.91 Å². The molecule has 0 spiro atoms. The monoisotopic (exact) mass is 279 g/mol. The zero-order valence-electron chi connectivity index (χ0n) is 11.7. The summed E-state index contributed by atoms with van der Waals surface area (Å²) in [5.41, 5.74) is 5.80. The number of amides is 3. The molecule has 110 valence electrons. The Morgan fingerprint density at radius 1 is 1.30 bits per heavy atom. The van der Waals surface area contributed by atoms with Crippen molar-refractivity contribution >= 4 is 11.9 Å². The molecular formula is C14H21N3O3. The molecule has 1 rings (SSSR count). The zero-order valence-corrected chi connectivity index (χ0v) is 11.7. The fourth-order valence-electron chi connectivity index (χ4n) is 1.97. The van der Waals surface area contributed by atoms with Gasteiger partial charge in [-0.15, -0.1) is 0 Å². The van der Waals surface area contributed by atoms with Crippen LogP contribution < -0.4 is 11.1 Å². The van der Waals surface area contributed by atoms with Crippen molar-refractivity contribution in [3.05, 3.63) is 35.9 Å². The lowest BCUT2D eigenvalue weighted by Gasteiger charge is -2.30. The summed E-state index contributed by atoms with van der Waals surface area (Å²) in [5.74, 6) is -0.293. The Balaban J connectivity index is 3.03. The van der Waals surface area contributed by atoms with Gasteiger partial charge in [-0.1, -0.05) is 30.3 Å². The Kier molecular flexibility index (Phi) is 5.99. The summed E-state index contributed by atoms with van der Waals surface area (Å²) >= 11 is 0. The highest BCUT2D eigenvalue weighted by molar-refractivity contribution is 5.87. The van der Waals surface area contributed by atoms with Gasteiger partial charge in [-0.25, -0.2) is 4.79 Å². The number of nitrogens with one attached hydrogen (secondary N) is 1. The smallest absolute Gasteiger partial charge is 0.313 e. The van der Waals surface area contributed by atoms with E-state index in [1.165, 1.54) is 4.90 Å². The van der Waals surface area contributed by atoms with E-state index >= 15 is 0 Å². The van der Waals surface area contributed by atoms with Crippen molar-refractivity contribution in [2.24, 2.45) is 5.73 Å². The quantitative estimate of drug-likeness (QED) is 0.712. The molecule has 0 heterocycles. The van der Waals surface area contributed by atoms with Gasteiger partial charge in [-0.2, -0.15) is 0 Å². The molecule has 4 N–H and O–H groups in total. The number of carbonyl (C=O) groups excluding carboxylic acids is 2. The van der Waals surface area contributed by atoms with Gasteiger partial charge in [0.15, 0.2) is 0 Å². The molecule has 0 aliphatic rings. The van der Waals surface area contributed by atoms with Crippen molar-refractivity contribution < 1.29 is 14.7 Å². The summed E-state index contributed by atoms with van der Waals surface area (Å²) in [6.07, 6.45) is 0. The molecule has 0 saturated heterocycles. The number of carbonyl (C=O) groups is 2. The van der Waals surface area contributed by atoms with Crippen LogP contribution in [0.1, 0.15) is 25.5 Å². The van der Waals surface area contributed by atoms with E-state index in [0.717, 1.165) is 0 Å². The number of nitrogens with two attached hydrogens (primary N) is 1. The summed E-state index contributed by atoms with van der Waals surface area (Å²) in [4.78, 5) is 25.2. The standard InChI is InChI=1S/C14H21N3O3/c1-10(2)17(8-9-18)13(19)12(16-14(15)20)11-6-4-3-5-7-11/h3-7,10,12,18H,8-9H2,1-2H3,(H3,15,16,20). The predicted octanol–water partition coefficient (Wildman–Crippen LogP) is 0.625. The second kappa shape index (κ2) is 7.49. The molecule has 6 heteroatoms. The molecule has 0 aliphatic carbocycles. The largest absolute Gasteiger partial charge is 0.395 e. The van der Waals surface area contributed by atoms with Crippen molar-refractivity contribution in [3.63, 3.8) is 0 Å². The first-order chi connectivity index (χ1) is 9.47. The molecule has 0 aliphatic heterocycles. The normalized spacial score (nSPS) is 12.0. The average molecular weight is 279 g/mol. The lowest BCUT2D eigenvalue weighted by atomic mass is 10.0. The van der Waals surface area contributed by atoms with E-state index < -0.39 is 12.1 Å². The van der Waals surface area contributed by atoms with Gasteiger partial charge in [0.25, 0.3) is 0 Å². The number of benzene rings is 1. The number of aliphatic hydroxyl groups excluding tert-OH is 1. The van der Waals surface area contributed by atoms with Crippen LogP contribution in [0.15, 0.2) is 30.3 Å². The second-order valence-electron chi connectivity index (χ2n) is 4.70. The highest BCUT2D eigenvalue weighted by Crippen LogP contribution is 2.17. The van der Waals surface area contributed by atoms with Crippen molar-refractivity contribution in [1.82, 2.24) is 10.2 Å². The van der Waals surface area contributed by atoms with Crippen molar-refractivity contribution in [2.75, 3.05) is 13.2 Å². The van der Waals surface area contributed by atoms with Gasteiger partial charge >= 0.3 is 6.03 Å². The molecule has 0 radical (unpaired) electrons. The summed E-state index contributed by atoms with van der Waals surface area (Å²) in [6, 6.07) is 7.18. The van der Waals surface area contributed by atoms with Crippen molar-refractivity contribution in [3.8, 4) is 0 Å². The molecule has 1 aromatic rings. The molecule has 0 bridgehead atoms. The SMILES string of the molecule is CC(C)N(CCO)C(=O)C(NC(N)=O)c1ccccc1. The first-order valence-electron chi connectivity index (χ1n) is 6.49. The minimum Gasteiger partial charge on any atom is -0.395 e. The Labute approximate surface area is 118 Å². The third kappa shape index (κ3) is 4.24. The third-order valence-corrected chi connectivity index (χ3v) is 2.91. The van der Waals surface area contributed by atoms with Crippen LogP contribution in [0.25, 0.3) is 0 Å². The summed E-state index contributed by atoms with van der Waals surface area (Å²) < 4.78 is 0. The van der Waals surface area contributed by atoms with Crippen LogP contribution in [-0.4, -0.2) is 41.1 Å². The van der Waals surface area contributed by atoms with Gasteiger partial charge < -0.3 is 21.1 Å². The molecule has 0 fully saturated rings. The number of aliphatic hydroxyl groups is 1. The Bertz CT molecular complexity index is 448. The molecule has 0 saturated carbocycles. The first kappa shape index (κ1) is 16.0. The lowest BCUT2D eigenvalue weighted by molar-refractivity contribution is -0.135. The maximum atomic E-state index is 12.6. The van der Waals surface area contributed by atoms with Crippen LogP contribution in [0.4, 0.5) is 4.79 Å². The molecule has 6 nitrogen and oxygen atoms in total. The van der Waals surface area contributed by atoms with Crippen LogP contribution >= 0.6 is 0 Å². The number of primary amides is 1. The third-order valence-electron chi connectivity index (χ3n) is 2.91. The summed E-state index contributed by atoms with van der Waals surface area (Å²) in [7, 11) is 0. The second-order valence-corrected chi connectivity index (χ2v) is 4.70. The molecule has 1 atom stereocenters. The number of hydrogen-bond acceptors (Lipinski definition) is 3. The molecule has 1 aromatic carbocycles. The Morgan fingerprint density at radius 3 is 2.35 bits per heavy atom. The van der Waals surface area contributed by atoms with Gasteiger partial charge in [0, 0.05) is 12.6 Å². The fraction of sp³-hybridized carbons (Fsp3) is 0.429. The average Bonchev–Trinajstić information content (AvgIpc) is 2.42. The van der Waals surface area contributed by atoms with E-state index in [9.17, 15) is 9.59 Å². The van der Waals surface area contributed by atoms with Crippen LogP contribution in [0.5, 0.6) is 0 Å². The zero-order chi connectivity index (χ0) is 15.1. The molecule has 0 aromatic heterocycles. The number of hydrogen-bond donors (Lipinski definition) is 3. The Hall–Kier alpha value is -2.08. The van der Waals surface area contributed by atoms with Gasteiger partial charge in [0.05, 0.1) is 6.61 Å². The van der Waals surface area contributed by atoms with Crippen LogP contribution in [0.2, 0.25) is 0 Å². The van der Waals surface area contributed by atoms with Gasteiger partial charge in [-0.3, -0.25) is 4.79 Å². The van der Waals surface area contributed by atoms with E-state index in [1.54, 1.807) is 24.3 Å². The molecule has 3 amide bonds. The highest BCUT2D eigenvalue weighted by Gasteiger charge is 2.28. The Morgan fingerprint density at radius 2 is 1.90 bits per heavy atom. The van der Waals surface area contributed by atoms with Crippen molar-refractivity contribution in [1.29, 1.82) is 0 Å². The maximum absolute atomic E-state index is 12.6. The van der Waals surface area contributed by atoms with Crippen LogP contribution in [-0.2, 0) is 4.79 Å². The van der Waals surface area contributed by atoms with E-state index in [0.29, 0.717) is 5.56 Å².